The Bertz CT molecular complexity index is 252. The topological polar surface area (TPSA) is 61.4 Å². The summed E-state index contributed by atoms with van der Waals surface area (Å²) in [6.07, 6.45) is 6.83. The molecular formula is C13H24N2O2. The Morgan fingerprint density at radius 2 is 2.24 bits per heavy atom. The smallest absolute Gasteiger partial charge is 0.237 e. The van der Waals surface area contributed by atoms with Gasteiger partial charge in [-0.25, -0.2) is 0 Å². The summed E-state index contributed by atoms with van der Waals surface area (Å²) < 4.78 is 0. The zero-order valence-electron chi connectivity index (χ0n) is 10.6. The second-order valence-corrected chi connectivity index (χ2v) is 5.40. The highest BCUT2D eigenvalue weighted by molar-refractivity contribution is 5.82. The quantitative estimate of drug-likeness (QED) is 0.681. The van der Waals surface area contributed by atoms with Crippen molar-refractivity contribution in [1.82, 2.24) is 10.6 Å². The van der Waals surface area contributed by atoms with Crippen LogP contribution in [-0.2, 0) is 4.79 Å². The van der Waals surface area contributed by atoms with Crippen LogP contribution in [0.2, 0.25) is 0 Å². The number of carbonyl (C=O) groups is 1. The van der Waals surface area contributed by atoms with Crippen LogP contribution in [0.4, 0.5) is 0 Å². The molecule has 2 aliphatic rings. The fourth-order valence-corrected chi connectivity index (χ4v) is 3.10. The number of hydrogen-bond acceptors (Lipinski definition) is 3. The fourth-order valence-electron chi connectivity index (χ4n) is 3.10. The first-order chi connectivity index (χ1) is 8.24. The van der Waals surface area contributed by atoms with Crippen LogP contribution < -0.4 is 10.6 Å². The van der Waals surface area contributed by atoms with Gasteiger partial charge >= 0.3 is 0 Å². The zero-order chi connectivity index (χ0) is 12.3. The molecule has 4 unspecified atom stereocenters. The van der Waals surface area contributed by atoms with Gasteiger partial charge in [0, 0.05) is 6.04 Å². The van der Waals surface area contributed by atoms with E-state index in [1.165, 1.54) is 25.7 Å². The molecular weight excluding hydrogens is 216 g/mol. The Morgan fingerprint density at radius 1 is 1.47 bits per heavy atom. The van der Waals surface area contributed by atoms with E-state index in [1.807, 2.05) is 6.92 Å². The number of nitrogens with one attached hydrogen (secondary N) is 2. The van der Waals surface area contributed by atoms with Gasteiger partial charge in [-0.05, 0) is 31.6 Å². The number of fused-ring (bicyclic) bond motifs is 1. The van der Waals surface area contributed by atoms with Crippen LogP contribution in [0.25, 0.3) is 0 Å². The molecule has 1 aliphatic carbocycles. The molecule has 0 bridgehead atoms. The lowest BCUT2D eigenvalue weighted by atomic mass is 9.85. The van der Waals surface area contributed by atoms with Crippen molar-refractivity contribution in [3.8, 4) is 0 Å². The number of aliphatic hydroxyl groups excluding tert-OH is 1. The number of rotatable bonds is 4. The molecule has 0 radical (unpaired) electrons. The molecule has 4 atom stereocenters. The standard InChI is InChI=1S/C13H24N2O2/c1-2-10(8-16)14-13(17)12-7-9-5-3-4-6-11(9)15-12/h9-12,15-16H,2-8H2,1H3,(H,14,17). The van der Waals surface area contributed by atoms with E-state index in [1.54, 1.807) is 0 Å². The monoisotopic (exact) mass is 240 g/mol. The molecule has 1 saturated heterocycles. The number of amides is 1. The van der Waals surface area contributed by atoms with Crippen LogP contribution in [0.3, 0.4) is 0 Å². The molecule has 0 spiro atoms. The summed E-state index contributed by atoms with van der Waals surface area (Å²) in [7, 11) is 0. The van der Waals surface area contributed by atoms with Gasteiger partial charge in [-0.2, -0.15) is 0 Å². The van der Waals surface area contributed by atoms with Crippen LogP contribution in [0, 0.1) is 5.92 Å². The lowest BCUT2D eigenvalue weighted by Gasteiger charge is -2.24. The maximum absolute atomic E-state index is 12.0. The summed E-state index contributed by atoms with van der Waals surface area (Å²) in [5.41, 5.74) is 0. The van der Waals surface area contributed by atoms with Crippen molar-refractivity contribution in [1.29, 1.82) is 0 Å². The second kappa shape index (κ2) is 5.83. The van der Waals surface area contributed by atoms with Crippen molar-refractivity contribution in [2.45, 2.75) is 63.6 Å². The predicted molar refractivity (Wildman–Crippen MR) is 66.6 cm³/mol. The average molecular weight is 240 g/mol. The van der Waals surface area contributed by atoms with Gasteiger partial charge in [-0.3, -0.25) is 4.79 Å². The number of hydrogen-bond donors (Lipinski definition) is 3. The van der Waals surface area contributed by atoms with E-state index in [0.717, 1.165) is 12.8 Å². The molecule has 3 N–H and O–H groups in total. The van der Waals surface area contributed by atoms with Gasteiger partial charge in [0.1, 0.15) is 0 Å². The van der Waals surface area contributed by atoms with Crippen LogP contribution >= 0.6 is 0 Å². The summed E-state index contributed by atoms with van der Waals surface area (Å²) >= 11 is 0. The highest BCUT2D eigenvalue weighted by Gasteiger charge is 2.38. The lowest BCUT2D eigenvalue weighted by molar-refractivity contribution is -0.123. The van der Waals surface area contributed by atoms with Gasteiger partial charge in [-0.15, -0.1) is 0 Å². The maximum Gasteiger partial charge on any atom is 0.237 e. The zero-order valence-corrected chi connectivity index (χ0v) is 10.6. The third-order valence-electron chi connectivity index (χ3n) is 4.24. The van der Waals surface area contributed by atoms with Crippen LogP contribution in [0.15, 0.2) is 0 Å². The molecule has 0 aromatic rings. The normalized spacial score (nSPS) is 34.1. The molecule has 4 heteroatoms. The van der Waals surface area contributed by atoms with E-state index in [0.29, 0.717) is 12.0 Å². The van der Waals surface area contributed by atoms with Gasteiger partial charge in [-0.1, -0.05) is 19.8 Å². The highest BCUT2D eigenvalue weighted by atomic mass is 16.3. The van der Waals surface area contributed by atoms with Crippen molar-refractivity contribution in [3.63, 3.8) is 0 Å². The van der Waals surface area contributed by atoms with Crippen molar-refractivity contribution >= 4 is 5.91 Å². The summed E-state index contributed by atoms with van der Waals surface area (Å²) in [4.78, 5) is 12.0. The molecule has 17 heavy (non-hydrogen) atoms. The predicted octanol–water partition coefficient (Wildman–Crippen LogP) is 0.794. The maximum atomic E-state index is 12.0. The van der Waals surface area contributed by atoms with E-state index < -0.39 is 0 Å². The Balaban J connectivity index is 1.84. The van der Waals surface area contributed by atoms with E-state index >= 15 is 0 Å². The van der Waals surface area contributed by atoms with Crippen molar-refractivity contribution < 1.29 is 9.90 Å². The summed E-state index contributed by atoms with van der Waals surface area (Å²) in [5, 5.41) is 15.5. The van der Waals surface area contributed by atoms with Gasteiger partial charge in [0.25, 0.3) is 0 Å². The SMILES string of the molecule is CCC(CO)NC(=O)C1CC2CCCCC2N1. The van der Waals surface area contributed by atoms with Gasteiger partial charge in [0.15, 0.2) is 0 Å². The minimum atomic E-state index is -0.0908. The third kappa shape index (κ3) is 2.99. The summed E-state index contributed by atoms with van der Waals surface area (Å²) in [6, 6.07) is 0.421. The van der Waals surface area contributed by atoms with Crippen molar-refractivity contribution in [2.24, 2.45) is 5.92 Å². The first kappa shape index (κ1) is 12.8. The van der Waals surface area contributed by atoms with E-state index in [2.05, 4.69) is 10.6 Å². The van der Waals surface area contributed by atoms with E-state index in [4.69, 9.17) is 5.11 Å². The lowest BCUT2D eigenvalue weighted by Crippen LogP contribution is -2.47. The molecule has 2 rings (SSSR count). The van der Waals surface area contributed by atoms with Gasteiger partial charge in [0.05, 0.1) is 18.7 Å². The summed E-state index contributed by atoms with van der Waals surface area (Å²) in [5.74, 6) is 0.758. The molecule has 2 fully saturated rings. The second-order valence-electron chi connectivity index (χ2n) is 5.40. The number of carbonyl (C=O) groups excluding carboxylic acids is 1. The Labute approximate surface area is 103 Å². The highest BCUT2D eigenvalue weighted by Crippen LogP contribution is 2.33. The van der Waals surface area contributed by atoms with E-state index in [-0.39, 0.29) is 24.6 Å². The van der Waals surface area contributed by atoms with Crippen molar-refractivity contribution in [3.05, 3.63) is 0 Å². The minimum absolute atomic E-state index is 0.0296. The Morgan fingerprint density at radius 3 is 2.88 bits per heavy atom. The Kier molecular flexibility index (Phi) is 4.40. The molecule has 4 nitrogen and oxygen atoms in total. The molecule has 1 heterocycles. The summed E-state index contributed by atoms with van der Waals surface area (Å²) in [6.45, 7) is 2.00. The first-order valence-electron chi connectivity index (χ1n) is 6.91. The van der Waals surface area contributed by atoms with Crippen molar-refractivity contribution in [2.75, 3.05) is 6.61 Å². The minimum Gasteiger partial charge on any atom is -0.394 e. The molecule has 98 valence electrons. The van der Waals surface area contributed by atoms with Gasteiger partial charge in [0.2, 0.25) is 5.91 Å². The largest absolute Gasteiger partial charge is 0.394 e. The van der Waals surface area contributed by atoms with E-state index in [9.17, 15) is 4.79 Å². The average Bonchev–Trinajstić information content (AvgIpc) is 2.79. The molecule has 1 amide bonds. The number of aliphatic hydroxyl groups is 1. The van der Waals surface area contributed by atoms with Crippen LogP contribution in [0.1, 0.15) is 45.4 Å². The molecule has 1 aliphatic heterocycles. The first-order valence-corrected chi connectivity index (χ1v) is 6.91. The molecule has 0 aromatic carbocycles. The third-order valence-corrected chi connectivity index (χ3v) is 4.24. The fraction of sp³-hybridized carbons (Fsp3) is 0.923. The van der Waals surface area contributed by atoms with Crippen LogP contribution in [-0.4, -0.2) is 35.7 Å². The molecule has 1 saturated carbocycles. The molecule has 0 aromatic heterocycles. The van der Waals surface area contributed by atoms with Gasteiger partial charge < -0.3 is 15.7 Å². The Hall–Kier alpha value is -0.610. The van der Waals surface area contributed by atoms with Crippen LogP contribution in [0.5, 0.6) is 0 Å².